The standard InChI is InChI=1S/C31H27N5O8S2/c1-4-6-20-26(29(39)42-5-2)27(17-7-9-21-22(13-17)44-15-43-21)35-28(38)24(46-31(35)33-20)14-18-12-19(36(40)41)8-10-23(18)45-30-32-16(3)11-25(37)34-30/h7-14,27H,4-6,15H2,1-3H3,(H,32,34,37)/b24-14+/t27-/m1/s1. The van der Waals surface area contributed by atoms with E-state index in [0.717, 1.165) is 23.1 Å². The Morgan fingerprint density at radius 3 is 2.74 bits per heavy atom. The lowest BCUT2D eigenvalue weighted by atomic mass is 9.94. The molecular weight excluding hydrogens is 635 g/mol. The molecule has 0 bridgehead atoms. The summed E-state index contributed by atoms with van der Waals surface area (Å²) < 4.78 is 18.2. The first-order valence-electron chi connectivity index (χ1n) is 14.3. The maximum atomic E-state index is 14.3. The molecule has 236 valence electrons. The first kappa shape index (κ1) is 31.0. The topological polar surface area (TPSA) is 168 Å². The highest BCUT2D eigenvalue weighted by Gasteiger charge is 2.35. The number of aromatic nitrogens is 3. The molecule has 0 radical (unpaired) electrons. The second-order valence-corrected chi connectivity index (χ2v) is 12.3. The summed E-state index contributed by atoms with van der Waals surface area (Å²) in [6.45, 7) is 5.55. The molecule has 15 heteroatoms. The van der Waals surface area contributed by atoms with Gasteiger partial charge in [-0.05, 0) is 55.7 Å². The summed E-state index contributed by atoms with van der Waals surface area (Å²) in [5.41, 5.74) is 1.27. The number of aromatic amines is 1. The third-order valence-corrected chi connectivity index (χ3v) is 9.11. The molecule has 0 saturated carbocycles. The fourth-order valence-electron chi connectivity index (χ4n) is 5.22. The lowest BCUT2D eigenvalue weighted by molar-refractivity contribution is -0.384. The van der Waals surface area contributed by atoms with E-state index in [2.05, 4.69) is 9.97 Å². The Hall–Kier alpha value is -5.02. The number of nitrogens with one attached hydrogen (secondary N) is 1. The highest BCUT2D eigenvalue weighted by molar-refractivity contribution is 7.99. The Bertz CT molecular complexity index is 2170. The quantitative estimate of drug-likeness (QED) is 0.121. The minimum absolute atomic E-state index is 0.0543. The minimum atomic E-state index is -0.881. The molecule has 0 saturated heterocycles. The molecule has 2 aliphatic heterocycles. The van der Waals surface area contributed by atoms with Crippen LogP contribution < -0.4 is 29.9 Å². The van der Waals surface area contributed by atoms with Crippen LogP contribution in [0, 0.1) is 17.0 Å². The Kier molecular flexibility index (Phi) is 8.60. The number of H-pyrrole nitrogens is 1. The number of nitrogens with zero attached hydrogens (tertiary/aromatic N) is 4. The van der Waals surface area contributed by atoms with E-state index in [4.69, 9.17) is 19.2 Å². The lowest BCUT2D eigenvalue weighted by Gasteiger charge is -2.25. The molecule has 13 nitrogen and oxygen atoms in total. The number of ether oxygens (including phenoxy) is 3. The molecule has 46 heavy (non-hydrogen) atoms. The number of carbonyl (C=O) groups excluding carboxylic acids is 1. The number of aryl methyl sites for hydroxylation is 1. The second kappa shape index (κ2) is 12.8. The van der Waals surface area contributed by atoms with Crippen molar-refractivity contribution in [1.82, 2.24) is 14.5 Å². The molecule has 2 aliphatic rings. The van der Waals surface area contributed by atoms with Crippen LogP contribution in [0.15, 0.2) is 78.4 Å². The maximum Gasteiger partial charge on any atom is 0.338 e. The van der Waals surface area contributed by atoms with Gasteiger partial charge in [-0.25, -0.2) is 14.8 Å². The molecule has 6 rings (SSSR count). The van der Waals surface area contributed by atoms with E-state index in [0.29, 0.717) is 61.7 Å². The van der Waals surface area contributed by atoms with Crippen LogP contribution in [0.4, 0.5) is 5.69 Å². The van der Waals surface area contributed by atoms with E-state index in [1.807, 2.05) is 6.92 Å². The molecule has 0 amide bonds. The summed E-state index contributed by atoms with van der Waals surface area (Å²) in [4.78, 5) is 63.6. The summed E-state index contributed by atoms with van der Waals surface area (Å²) in [5.74, 6) is 0.452. The number of carbonyl (C=O) groups is 1. The number of benzene rings is 2. The fourth-order valence-corrected chi connectivity index (χ4v) is 7.15. The van der Waals surface area contributed by atoms with Crippen molar-refractivity contribution >= 4 is 40.8 Å². The second-order valence-electron chi connectivity index (χ2n) is 10.3. The molecule has 0 spiro atoms. The Balaban J connectivity index is 1.56. The molecule has 0 aliphatic carbocycles. The van der Waals surface area contributed by atoms with Gasteiger partial charge < -0.3 is 19.2 Å². The number of hydrogen-bond donors (Lipinski definition) is 1. The SMILES string of the molecule is CCCC1=C(C(=O)OCC)[C@@H](c2ccc3c(c2)OCO3)n2c(s/c(=C/c3cc([N+](=O)[O-])ccc3Sc3nc(C)cc(=O)[nH]3)c2=O)=N1. The van der Waals surface area contributed by atoms with Crippen LogP contribution in [0.25, 0.3) is 6.08 Å². The number of hydrogen-bond acceptors (Lipinski definition) is 12. The number of fused-ring (bicyclic) bond motifs is 2. The number of non-ortho nitro benzene ring substituents is 1. The van der Waals surface area contributed by atoms with Gasteiger partial charge in [-0.3, -0.25) is 24.3 Å². The van der Waals surface area contributed by atoms with Gasteiger partial charge in [-0.1, -0.05) is 42.5 Å². The smallest absolute Gasteiger partial charge is 0.338 e. The van der Waals surface area contributed by atoms with Gasteiger partial charge in [-0.15, -0.1) is 0 Å². The normalized spacial score (nSPS) is 15.5. The van der Waals surface area contributed by atoms with Crippen molar-refractivity contribution in [3.63, 3.8) is 0 Å². The van der Waals surface area contributed by atoms with E-state index in [1.54, 1.807) is 44.2 Å². The highest BCUT2D eigenvalue weighted by Crippen LogP contribution is 2.39. The van der Waals surface area contributed by atoms with Gasteiger partial charge in [0, 0.05) is 28.8 Å². The average molecular weight is 662 g/mol. The predicted octanol–water partition coefficient (Wildman–Crippen LogP) is 3.76. The summed E-state index contributed by atoms with van der Waals surface area (Å²) >= 11 is 2.21. The zero-order valence-electron chi connectivity index (χ0n) is 24.9. The van der Waals surface area contributed by atoms with Crippen LogP contribution in [0.2, 0.25) is 0 Å². The molecule has 4 heterocycles. The van der Waals surface area contributed by atoms with Gasteiger partial charge in [0.1, 0.15) is 0 Å². The molecule has 1 atom stereocenters. The molecule has 4 aromatic rings. The third kappa shape index (κ3) is 5.98. The first-order valence-corrected chi connectivity index (χ1v) is 16.0. The number of nitro benzene ring substituents is 1. The predicted molar refractivity (Wildman–Crippen MR) is 169 cm³/mol. The van der Waals surface area contributed by atoms with E-state index in [-0.39, 0.29) is 34.8 Å². The van der Waals surface area contributed by atoms with Crippen LogP contribution in [-0.4, -0.2) is 38.8 Å². The summed E-state index contributed by atoms with van der Waals surface area (Å²) in [6.07, 6.45) is 2.71. The zero-order valence-corrected chi connectivity index (χ0v) is 26.5. The van der Waals surface area contributed by atoms with Gasteiger partial charge in [0.25, 0.3) is 16.8 Å². The Labute approximate surface area is 269 Å². The first-order chi connectivity index (χ1) is 22.2. The molecule has 0 unspecified atom stereocenters. The summed E-state index contributed by atoms with van der Waals surface area (Å²) in [7, 11) is 0. The van der Waals surface area contributed by atoms with Gasteiger partial charge in [0.2, 0.25) is 6.79 Å². The van der Waals surface area contributed by atoms with Crippen LogP contribution >= 0.6 is 23.1 Å². The fraction of sp³-hybridized carbons (Fsp3) is 0.258. The monoisotopic (exact) mass is 661 g/mol. The van der Waals surface area contributed by atoms with Crippen molar-refractivity contribution in [3.05, 3.63) is 111 Å². The van der Waals surface area contributed by atoms with Crippen LogP contribution in [0.5, 0.6) is 11.5 Å². The largest absolute Gasteiger partial charge is 0.463 e. The van der Waals surface area contributed by atoms with Gasteiger partial charge in [-0.2, -0.15) is 0 Å². The van der Waals surface area contributed by atoms with Gasteiger partial charge in [0.15, 0.2) is 21.5 Å². The van der Waals surface area contributed by atoms with Crippen LogP contribution in [0.1, 0.15) is 49.6 Å². The average Bonchev–Trinajstić information content (AvgIpc) is 3.60. The zero-order chi connectivity index (χ0) is 32.5. The Morgan fingerprint density at radius 2 is 2.00 bits per heavy atom. The number of allylic oxidation sites excluding steroid dienone is 1. The number of esters is 1. The van der Waals surface area contributed by atoms with E-state index < -0.39 is 22.5 Å². The van der Waals surface area contributed by atoms with Crippen molar-refractivity contribution in [2.45, 2.75) is 49.7 Å². The van der Waals surface area contributed by atoms with Crippen molar-refractivity contribution in [2.75, 3.05) is 13.4 Å². The van der Waals surface area contributed by atoms with Crippen molar-refractivity contribution in [2.24, 2.45) is 4.99 Å². The van der Waals surface area contributed by atoms with Crippen molar-refractivity contribution < 1.29 is 23.9 Å². The number of thiazole rings is 1. The molecule has 1 N–H and O–H groups in total. The van der Waals surface area contributed by atoms with E-state index >= 15 is 0 Å². The third-order valence-electron chi connectivity index (χ3n) is 7.15. The summed E-state index contributed by atoms with van der Waals surface area (Å²) in [5, 5.41) is 12.0. The molecule has 2 aromatic heterocycles. The molecule has 0 fully saturated rings. The highest BCUT2D eigenvalue weighted by atomic mass is 32.2. The van der Waals surface area contributed by atoms with Crippen molar-refractivity contribution in [1.29, 1.82) is 0 Å². The summed E-state index contributed by atoms with van der Waals surface area (Å²) in [6, 6.07) is 9.96. The van der Waals surface area contributed by atoms with E-state index in [9.17, 15) is 24.5 Å². The Morgan fingerprint density at radius 1 is 1.20 bits per heavy atom. The number of rotatable bonds is 9. The number of nitro groups is 1. The molecule has 2 aromatic carbocycles. The molecular formula is C31H27N5O8S2. The minimum Gasteiger partial charge on any atom is -0.463 e. The van der Waals surface area contributed by atoms with Crippen molar-refractivity contribution in [3.8, 4) is 11.5 Å². The lowest BCUT2D eigenvalue weighted by Crippen LogP contribution is -2.40. The van der Waals surface area contributed by atoms with Crippen LogP contribution in [0.3, 0.4) is 0 Å². The van der Waals surface area contributed by atoms with Gasteiger partial charge in [0.05, 0.1) is 33.4 Å². The van der Waals surface area contributed by atoms with Gasteiger partial charge >= 0.3 is 5.97 Å². The van der Waals surface area contributed by atoms with E-state index in [1.165, 1.54) is 22.8 Å². The maximum absolute atomic E-state index is 14.3. The van der Waals surface area contributed by atoms with Crippen LogP contribution in [-0.2, 0) is 9.53 Å².